The predicted molar refractivity (Wildman–Crippen MR) is 120 cm³/mol. The maximum absolute atomic E-state index is 13.0. The number of thiazole rings is 1. The van der Waals surface area contributed by atoms with Crippen molar-refractivity contribution in [1.29, 1.82) is 0 Å². The number of benzene rings is 1. The van der Waals surface area contributed by atoms with Crippen LogP contribution >= 0.6 is 34.5 Å². The van der Waals surface area contributed by atoms with Crippen molar-refractivity contribution < 1.29 is 27.9 Å². The van der Waals surface area contributed by atoms with Crippen molar-refractivity contribution in [2.24, 2.45) is 0 Å². The number of carbonyl (C=O) groups excluding carboxylic acids is 2. The number of hydrogen-bond acceptors (Lipinski definition) is 7. The highest BCUT2D eigenvalue weighted by Gasteiger charge is 2.33. The zero-order valence-corrected chi connectivity index (χ0v) is 19.4. The van der Waals surface area contributed by atoms with Gasteiger partial charge in [-0.05, 0) is 31.0 Å². The van der Waals surface area contributed by atoms with E-state index < -0.39 is 28.6 Å². The van der Waals surface area contributed by atoms with Crippen molar-refractivity contribution in [3.63, 3.8) is 0 Å². The number of aliphatic hydroxyl groups is 1. The zero-order chi connectivity index (χ0) is 24.9. The van der Waals surface area contributed by atoms with E-state index in [0.29, 0.717) is 23.5 Å². The Bertz CT molecular complexity index is 1210. The molecule has 3 aromatic rings. The van der Waals surface area contributed by atoms with Gasteiger partial charge in [0.15, 0.2) is 0 Å². The second-order valence-electron chi connectivity index (χ2n) is 6.76. The third-order valence-electron chi connectivity index (χ3n) is 4.36. The van der Waals surface area contributed by atoms with E-state index in [2.05, 4.69) is 25.6 Å². The van der Waals surface area contributed by atoms with Gasteiger partial charge in [-0.15, -0.1) is 11.3 Å². The van der Waals surface area contributed by atoms with E-state index in [1.54, 1.807) is 0 Å². The Balaban J connectivity index is 1.63. The predicted octanol–water partition coefficient (Wildman–Crippen LogP) is 4.37. The quantitative estimate of drug-likeness (QED) is 0.396. The molecule has 0 radical (unpaired) electrons. The Morgan fingerprint density at radius 2 is 1.88 bits per heavy atom. The van der Waals surface area contributed by atoms with Gasteiger partial charge in [0.25, 0.3) is 11.8 Å². The number of carbonyl (C=O) groups is 2. The zero-order valence-electron chi connectivity index (χ0n) is 17.1. The van der Waals surface area contributed by atoms with Gasteiger partial charge in [0.2, 0.25) is 0 Å². The number of amides is 2. The molecule has 0 saturated heterocycles. The van der Waals surface area contributed by atoms with E-state index in [1.807, 2.05) is 0 Å². The average molecular weight is 534 g/mol. The summed E-state index contributed by atoms with van der Waals surface area (Å²) in [5.41, 5.74) is -0.759. The van der Waals surface area contributed by atoms with Crippen molar-refractivity contribution in [2.45, 2.75) is 25.6 Å². The SMILES string of the molecule is O=C(Nc1ccc(Cl)c(C(F)(F)F)c1)c1cnc(CNC(=O)c2ncnc(CCCO)c2Cl)s1. The lowest BCUT2D eigenvalue weighted by Gasteiger charge is -2.11. The van der Waals surface area contributed by atoms with Gasteiger partial charge in [-0.1, -0.05) is 23.2 Å². The van der Waals surface area contributed by atoms with Gasteiger partial charge < -0.3 is 15.7 Å². The summed E-state index contributed by atoms with van der Waals surface area (Å²) in [6.07, 6.45) is -1.43. The lowest BCUT2D eigenvalue weighted by atomic mass is 10.2. The molecule has 2 aromatic heterocycles. The number of halogens is 5. The van der Waals surface area contributed by atoms with Crippen LogP contribution in [0.5, 0.6) is 0 Å². The van der Waals surface area contributed by atoms with E-state index in [9.17, 15) is 22.8 Å². The molecule has 0 unspecified atom stereocenters. The van der Waals surface area contributed by atoms with Crippen LogP contribution in [0.1, 0.15) is 42.8 Å². The van der Waals surface area contributed by atoms with Crippen LogP contribution in [0.4, 0.5) is 18.9 Å². The molecular weight excluding hydrogens is 518 g/mol. The lowest BCUT2D eigenvalue weighted by molar-refractivity contribution is -0.137. The summed E-state index contributed by atoms with van der Waals surface area (Å²) in [5, 5.41) is 13.9. The molecule has 0 aliphatic carbocycles. The highest BCUT2D eigenvalue weighted by molar-refractivity contribution is 7.13. The van der Waals surface area contributed by atoms with Crippen LogP contribution in [-0.4, -0.2) is 38.5 Å². The Morgan fingerprint density at radius 3 is 2.59 bits per heavy atom. The van der Waals surface area contributed by atoms with Gasteiger partial charge in [0.1, 0.15) is 21.9 Å². The van der Waals surface area contributed by atoms with Crippen molar-refractivity contribution in [3.8, 4) is 0 Å². The molecule has 180 valence electrons. The average Bonchev–Trinajstić information content (AvgIpc) is 3.26. The number of alkyl halides is 3. The third kappa shape index (κ3) is 6.41. The molecular formula is C20H16Cl2F3N5O3S. The van der Waals surface area contributed by atoms with Crippen LogP contribution in [0.3, 0.4) is 0 Å². The summed E-state index contributed by atoms with van der Waals surface area (Å²) in [5.74, 6) is -1.25. The van der Waals surface area contributed by atoms with Crippen molar-refractivity contribution in [3.05, 3.63) is 67.6 Å². The number of aliphatic hydroxyl groups excluding tert-OH is 1. The first-order valence-corrected chi connectivity index (χ1v) is 11.2. The van der Waals surface area contributed by atoms with Crippen LogP contribution in [0.25, 0.3) is 0 Å². The highest BCUT2D eigenvalue weighted by atomic mass is 35.5. The molecule has 2 heterocycles. The van der Waals surface area contributed by atoms with Crippen LogP contribution < -0.4 is 10.6 Å². The largest absolute Gasteiger partial charge is 0.417 e. The van der Waals surface area contributed by atoms with E-state index in [1.165, 1.54) is 18.6 Å². The molecule has 0 aliphatic heterocycles. The van der Waals surface area contributed by atoms with Crippen molar-refractivity contribution in [1.82, 2.24) is 20.3 Å². The highest BCUT2D eigenvalue weighted by Crippen LogP contribution is 2.36. The lowest BCUT2D eigenvalue weighted by Crippen LogP contribution is -2.24. The maximum Gasteiger partial charge on any atom is 0.417 e. The second kappa shape index (κ2) is 11.1. The van der Waals surface area contributed by atoms with Crippen molar-refractivity contribution >= 4 is 52.0 Å². The normalized spacial score (nSPS) is 11.4. The van der Waals surface area contributed by atoms with Gasteiger partial charge in [0.05, 0.1) is 34.0 Å². The number of aryl methyl sites for hydroxylation is 1. The van der Waals surface area contributed by atoms with Crippen LogP contribution in [0.15, 0.2) is 30.7 Å². The molecule has 3 rings (SSSR count). The Kier molecular flexibility index (Phi) is 8.42. The summed E-state index contributed by atoms with van der Waals surface area (Å²) in [7, 11) is 0. The minimum absolute atomic E-state index is 0.0394. The summed E-state index contributed by atoms with van der Waals surface area (Å²) in [6.45, 7) is -0.0917. The van der Waals surface area contributed by atoms with Crippen molar-refractivity contribution in [2.75, 3.05) is 11.9 Å². The fourth-order valence-corrected chi connectivity index (χ4v) is 3.99. The summed E-state index contributed by atoms with van der Waals surface area (Å²) < 4.78 is 39.0. The number of hydrogen-bond donors (Lipinski definition) is 3. The Hall–Kier alpha value is -2.80. The number of aromatic nitrogens is 3. The van der Waals surface area contributed by atoms with Crippen LogP contribution in [-0.2, 0) is 19.1 Å². The van der Waals surface area contributed by atoms with Gasteiger partial charge in [-0.2, -0.15) is 13.2 Å². The topological polar surface area (TPSA) is 117 Å². The molecule has 0 fully saturated rings. The molecule has 2 amide bonds. The minimum Gasteiger partial charge on any atom is -0.396 e. The first kappa shape index (κ1) is 25.8. The van der Waals surface area contributed by atoms with E-state index in [-0.39, 0.29) is 34.4 Å². The molecule has 0 bridgehead atoms. The fourth-order valence-electron chi connectivity index (χ4n) is 2.73. The molecule has 8 nitrogen and oxygen atoms in total. The van der Waals surface area contributed by atoms with Gasteiger partial charge >= 0.3 is 6.18 Å². The van der Waals surface area contributed by atoms with Gasteiger partial charge in [-0.25, -0.2) is 15.0 Å². The Morgan fingerprint density at radius 1 is 1.12 bits per heavy atom. The number of rotatable bonds is 8. The first-order chi connectivity index (χ1) is 16.1. The number of anilines is 1. The number of nitrogens with one attached hydrogen (secondary N) is 2. The molecule has 1 aromatic carbocycles. The molecule has 0 atom stereocenters. The van der Waals surface area contributed by atoms with Gasteiger partial charge in [0, 0.05) is 12.3 Å². The summed E-state index contributed by atoms with van der Waals surface area (Å²) >= 11 is 12.7. The molecule has 0 saturated carbocycles. The number of nitrogens with zero attached hydrogens (tertiary/aromatic N) is 3. The molecule has 3 N–H and O–H groups in total. The monoisotopic (exact) mass is 533 g/mol. The summed E-state index contributed by atoms with van der Waals surface area (Å²) in [4.78, 5) is 36.9. The van der Waals surface area contributed by atoms with Gasteiger partial charge in [-0.3, -0.25) is 9.59 Å². The molecule has 0 spiro atoms. The third-order valence-corrected chi connectivity index (χ3v) is 6.08. The summed E-state index contributed by atoms with van der Waals surface area (Å²) in [6, 6.07) is 3.03. The minimum atomic E-state index is -4.67. The van der Waals surface area contributed by atoms with E-state index >= 15 is 0 Å². The standard InChI is InChI=1S/C20H16Cl2F3N5O3S/c21-12-4-3-10(6-11(12)20(23,24)25)30-18(32)14-7-26-15(34-14)8-27-19(33)17-16(22)13(2-1-5-31)28-9-29-17/h3-4,6-7,9,31H,1-2,5,8H2,(H,27,33)(H,30,32). The maximum atomic E-state index is 13.0. The van der Waals surface area contributed by atoms with E-state index in [0.717, 1.165) is 23.5 Å². The van der Waals surface area contributed by atoms with Crippen LogP contribution in [0.2, 0.25) is 10.0 Å². The molecule has 34 heavy (non-hydrogen) atoms. The first-order valence-electron chi connectivity index (χ1n) is 9.61. The van der Waals surface area contributed by atoms with E-state index in [4.69, 9.17) is 28.3 Å². The molecule has 0 aliphatic rings. The smallest absolute Gasteiger partial charge is 0.396 e. The van der Waals surface area contributed by atoms with Crippen LogP contribution in [0, 0.1) is 0 Å². The molecule has 14 heteroatoms. The fraction of sp³-hybridized carbons (Fsp3) is 0.250. The Labute approximate surface area is 205 Å². The second-order valence-corrected chi connectivity index (χ2v) is 8.66.